The van der Waals surface area contributed by atoms with Crippen LogP contribution in [-0.2, 0) is 0 Å². The molecule has 4 heterocycles. The first-order chi connectivity index (χ1) is 10.4. The summed E-state index contributed by atoms with van der Waals surface area (Å²) in [7, 11) is 0. The Balaban J connectivity index is 1.80. The van der Waals surface area contributed by atoms with Crippen molar-refractivity contribution in [2.45, 2.75) is 19.3 Å². The Labute approximate surface area is 122 Å². The van der Waals surface area contributed by atoms with Crippen LogP contribution in [0.4, 0.5) is 5.82 Å². The van der Waals surface area contributed by atoms with Gasteiger partial charge in [-0.15, -0.1) is 5.10 Å². The van der Waals surface area contributed by atoms with Gasteiger partial charge in [0.25, 0.3) is 5.78 Å². The third-order valence-corrected chi connectivity index (χ3v) is 3.82. The highest BCUT2D eigenvalue weighted by Gasteiger charge is 2.16. The summed E-state index contributed by atoms with van der Waals surface area (Å²) < 4.78 is 1.84. The van der Waals surface area contributed by atoms with E-state index in [0.29, 0.717) is 11.6 Å². The summed E-state index contributed by atoms with van der Waals surface area (Å²) in [5, 5.41) is 4.62. The molecule has 1 fully saturated rings. The van der Waals surface area contributed by atoms with Crippen molar-refractivity contribution in [2.24, 2.45) is 0 Å². The Morgan fingerprint density at radius 1 is 1.00 bits per heavy atom. The molecular weight excluding hydrogens is 264 g/mol. The van der Waals surface area contributed by atoms with E-state index in [1.165, 1.54) is 19.3 Å². The molecule has 0 N–H and O–H groups in total. The van der Waals surface area contributed by atoms with Gasteiger partial charge in [-0.05, 0) is 37.5 Å². The number of nitrogens with zero attached hydrogens (tertiary/aromatic N) is 6. The summed E-state index contributed by atoms with van der Waals surface area (Å²) in [5.74, 6) is 2.37. The average molecular weight is 280 g/mol. The monoisotopic (exact) mass is 280 g/mol. The zero-order chi connectivity index (χ0) is 14.1. The van der Waals surface area contributed by atoms with E-state index in [1.807, 2.05) is 22.7 Å². The minimum atomic E-state index is 0.636. The molecule has 3 aromatic rings. The second-order valence-corrected chi connectivity index (χ2v) is 5.24. The maximum atomic E-state index is 4.62. The fourth-order valence-electron chi connectivity index (χ4n) is 2.76. The van der Waals surface area contributed by atoms with E-state index in [1.54, 1.807) is 18.6 Å². The molecule has 1 aliphatic heterocycles. The third kappa shape index (κ3) is 2.22. The van der Waals surface area contributed by atoms with Crippen molar-refractivity contribution in [3.8, 4) is 11.4 Å². The molecule has 0 aliphatic carbocycles. The van der Waals surface area contributed by atoms with Crippen LogP contribution in [0.3, 0.4) is 0 Å². The van der Waals surface area contributed by atoms with Gasteiger partial charge in [-0.25, -0.2) is 4.98 Å². The number of anilines is 1. The second kappa shape index (κ2) is 5.12. The lowest BCUT2D eigenvalue weighted by Crippen LogP contribution is -2.31. The van der Waals surface area contributed by atoms with Crippen molar-refractivity contribution in [1.29, 1.82) is 0 Å². The van der Waals surface area contributed by atoms with Gasteiger partial charge in [0.1, 0.15) is 5.82 Å². The smallest absolute Gasteiger partial charge is 0.254 e. The second-order valence-electron chi connectivity index (χ2n) is 5.24. The van der Waals surface area contributed by atoms with Crippen molar-refractivity contribution in [1.82, 2.24) is 24.6 Å². The van der Waals surface area contributed by atoms with E-state index in [0.717, 1.165) is 24.5 Å². The molecule has 1 saturated heterocycles. The van der Waals surface area contributed by atoms with Gasteiger partial charge in [-0.3, -0.25) is 4.98 Å². The molecule has 0 radical (unpaired) electrons. The van der Waals surface area contributed by atoms with Crippen LogP contribution in [0, 0.1) is 0 Å². The number of piperidine rings is 1. The van der Waals surface area contributed by atoms with Crippen molar-refractivity contribution < 1.29 is 0 Å². The van der Waals surface area contributed by atoms with Gasteiger partial charge in [-0.2, -0.15) is 9.50 Å². The van der Waals surface area contributed by atoms with Gasteiger partial charge < -0.3 is 4.90 Å². The highest BCUT2D eigenvalue weighted by Crippen LogP contribution is 2.21. The van der Waals surface area contributed by atoms with E-state index >= 15 is 0 Å². The molecule has 6 nitrogen and oxygen atoms in total. The molecule has 1 aliphatic rings. The van der Waals surface area contributed by atoms with Crippen LogP contribution in [0.15, 0.2) is 36.8 Å². The number of pyridine rings is 1. The molecule has 6 heteroatoms. The fourth-order valence-corrected chi connectivity index (χ4v) is 2.76. The summed E-state index contributed by atoms with van der Waals surface area (Å²) in [4.78, 5) is 15.3. The number of aromatic nitrogens is 5. The number of rotatable bonds is 2. The van der Waals surface area contributed by atoms with Crippen molar-refractivity contribution in [2.75, 3.05) is 18.0 Å². The van der Waals surface area contributed by atoms with Crippen molar-refractivity contribution in [3.63, 3.8) is 0 Å². The molecular formula is C15H16N6. The van der Waals surface area contributed by atoms with Gasteiger partial charge in [0.2, 0.25) is 0 Å². The molecule has 21 heavy (non-hydrogen) atoms. The SMILES string of the molecule is c1cncc(-c2nc3nccc(N4CCCCC4)n3n2)c1. The number of hydrogen-bond acceptors (Lipinski definition) is 5. The first-order valence-electron chi connectivity index (χ1n) is 7.29. The van der Waals surface area contributed by atoms with Crippen LogP contribution in [0.2, 0.25) is 0 Å². The van der Waals surface area contributed by atoms with Crippen LogP contribution in [0.1, 0.15) is 19.3 Å². The number of fused-ring (bicyclic) bond motifs is 1. The molecule has 0 saturated carbocycles. The lowest BCUT2D eigenvalue weighted by Gasteiger charge is -2.28. The molecule has 0 bridgehead atoms. The Morgan fingerprint density at radius 2 is 1.90 bits per heavy atom. The predicted octanol–water partition coefficient (Wildman–Crippen LogP) is 2.18. The topological polar surface area (TPSA) is 59.2 Å². The largest absolute Gasteiger partial charge is 0.356 e. The normalized spacial score (nSPS) is 15.5. The van der Waals surface area contributed by atoms with Crippen LogP contribution >= 0.6 is 0 Å². The summed E-state index contributed by atoms with van der Waals surface area (Å²) in [6.07, 6.45) is 9.10. The van der Waals surface area contributed by atoms with Crippen LogP contribution in [0.5, 0.6) is 0 Å². The minimum absolute atomic E-state index is 0.636. The molecule has 0 amide bonds. The van der Waals surface area contributed by atoms with E-state index in [9.17, 15) is 0 Å². The molecule has 4 rings (SSSR count). The molecule has 0 aromatic carbocycles. The predicted molar refractivity (Wildman–Crippen MR) is 80.1 cm³/mol. The van der Waals surface area contributed by atoms with E-state index in [-0.39, 0.29) is 0 Å². The lowest BCUT2D eigenvalue weighted by molar-refractivity contribution is 0.568. The zero-order valence-corrected chi connectivity index (χ0v) is 11.7. The van der Waals surface area contributed by atoms with Gasteiger partial charge in [-0.1, -0.05) is 0 Å². The highest BCUT2D eigenvalue weighted by molar-refractivity contribution is 5.57. The van der Waals surface area contributed by atoms with Crippen LogP contribution in [0.25, 0.3) is 17.2 Å². The van der Waals surface area contributed by atoms with E-state index < -0.39 is 0 Å². The maximum absolute atomic E-state index is 4.62. The Kier molecular flexibility index (Phi) is 2.99. The summed E-state index contributed by atoms with van der Waals surface area (Å²) in [6, 6.07) is 5.86. The minimum Gasteiger partial charge on any atom is -0.356 e. The molecule has 0 unspecified atom stereocenters. The van der Waals surface area contributed by atoms with Crippen molar-refractivity contribution in [3.05, 3.63) is 36.8 Å². The Bertz CT molecular complexity index is 745. The lowest BCUT2D eigenvalue weighted by atomic mass is 10.1. The average Bonchev–Trinajstić information content (AvgIpc) is 3.00. The first kappa shape index (κ1) is 12.3. The zero-order valence-electron chi connectivity index (χ0n) is 11.7. The van der Waals surface area contributed by atoms with Crippen molar-refractivity contribution >= 4 is 11.6 Å². The Hall–Kier alpha value is -2.50. The maximum Gasteiger partial charge on any atom is 0.254 e. The summed E-state index contributed by atoms with van der Waals surface area (Å²) >= 11 is 0. The molecule has 3 aromatic heterocycles. The van der Waals surface area contributed by atoms with Gasteiger partial charge in [0.05, 0.1) is 0 Å². The quantitative estimate of drug-likeness (QED) is 0.720. The highest BCUT2D eigenvalue weighted by atomic mass is 15.4. The molecule has 0 atom stereocenters. The molecule has 106 valence electrons. The van der Waals surface area contributed by atoms with Gasteiger partial charge in [0.15, 0.2) is 5.82 Å². The van der Waals surface area contributed by atoms with E-state index in [2.05, 4.69) is 25.0 Å². The van der Waals surface area contributed by atoms with E-state index in [4.69, 9.17) is 0 Å². The van der Waals surface area contributed by atoms with Crippen LogP contribution in [-0.4, -0.2) is 37.7 Å². The Morgan fingerprint density at radius 3 is 2.71 bits per heavy atom. The summed E-state index contributed by atoms with van der Waals surface area (Å²) in [5.41, 5.74) is 0.910. The number of hydrogen-bond donors (Lipinski definition) is 0. The van der Waals surface area contributed by atoms with Gasteiger partial charge in [0, 0.05) is 37.2 Å². The standard InChI is InChI=1S/C15H16N6/c1-2-9-20(10-3-1)13-6-8-17-15-18-14(19-21(13)15)12-5-4-7-16-11-12/h4-8,11H,1-3,9-10H2. The third-order valence-electron chi connectivity index (χ3n) is 3.82. The summed E-state index contributed by atoms with van der Waals surface area (Å²) in [6.45, 7) is 2.14. The molecule has 0 spiro atoms. The van der Waals surface area contributed by atoms with Crippen LogP contribution < -0.4 is 4.90 Å². The fraction of sp³-hybridized carbons (Fsp3) is 0.333. The first-order valence-corrected chi connectivity index (χ1v) is 7.29. The van der Waals surface area contributed by atoms with Gasteiger partial charge >= 0.3 is 0 Å².